The molecule has 2 aromatic carbocycles. The largest absolute Gasteiger partial charge is 0.373 e. The van der Waals surface area contributed by atoms with Gasteiger partial charge in [0.05, 0.1) is 23.2 Å². The predicted octanol–water partition coefficient (Wildman–Crippen LogP) is 4.40. The molecule has 6 nitrogen and oxygen atoms in total. The van der Waals surface area contributed by atoms with Crippen LogP contribution < -0.4 is 0 Å². The topological polar surface area (TPSA) is 56.2 Å². The van der Waals surface area contributed by atoms with E-state index < -0.39 is 10.0 Å². The summed E-state index contributed by atoms with van der Waals surface area (Å²) in [6, 6.07) is 18.5. The average molecular weight is 481 g/mol. The van der Waals surface area contributed by atoms with E-state index in [4.69, 9.17) is 4.99 Å². The van der Waals surface area contributed by atoms with E-state index in [0.717, 1.165) is 56.7 Å². The Balaban J connectivity index is 1.42. The van der Waals surface area contributed by atoms with Crippen molar-refractivity contribution >= 4 is 15.7 Å². The Morgan fingerprint density at radius 1 is 1.03 bits per heavy atom. The molecule has 4 rings (SSSR count). The van der Waals surface area contributed by atoms with Gasteiger partial charge in [0.2, 0.25) is 10.0 Å². The SMILES string of the molecule is CC1=CN(C)CC(C2CCN(CCC(c3ccccc3)N(C)S(=O)(=O)c3ccccc3)CC2)=N1. The molecule has 2 aromatic rings. The van der Waals surface area contributed by atoms with Gasteiger partial charge in [-0.15, -0.1) is 0 Å². The van der Waals surface area contributed by atoms with Crippen molar-refractivity contribution in [2.45, 2.75) is 37.1 Å². The Hall–Kier alpha value is -2.48. The van der Waals surface area contributed by atoms with E-state index in [-0.39, 0.29) is 6.04 Å². The zero-order chi connectivity index (χ0) is 24.1. The van der Waals surface area contributed by atoms with Crippen LogP contribution in [0.2, 0.25) is 0 Å². The zero-order valence-corrected chi connectivity index (χ0v) is 21.3. The van der Waals surface area contributed by atoms with Crippen molar-refractivity contribution in [1.82, 2.24) is 14.1 Å². The Kier molecular flexibility index (Phi) is 7.86. The summed E-state index contributed by atoms with van der Waals surface area (Å²) in [5.41, 5.74) is 3.42. The molecule has 1 saturated heterocycles. The Labute approximate surface area is 204 Å². The third-order valence-electron chi connectivity index (χ3n) is 6.96. The van der Waals surface area contributed by atoms with E-state index in [2.05, 4.69) is 30.0 Å². The zero-order valence-electron chi connectivity index (χ0n) is 20.5. The molecule has 1 fully saturated rings. The number of likely N-dealkylation sites (tertiary alicyclic amines) is 1. The van der Waals surface area contributed by atoms with Crippen LogP contribution in [-0.2, 0) is 10.0 Å². The number of allylic oxidation sites excluding steroid dienone is 1. The third-order valence-corrected chi connectivity index (χ3v) is 8.84. The summed E-state index contributed by atoms with van der Waals surface area (Å²) in [6.45, 7) is 5.89. The second-order valence-corrected chi connectivity index (χ2v) is 11.5. The van der Waals surface area contributed by atoms with Gasteiger partial charge in [0.1, 0.15) is 0 Å². The van der Waals surface area contributed by atoms with Crippen molar-refractivity contribution in [3.8, 4) is 0 Å². The first-order valence-corrected chi connectivity index (χ1v) is 13.5. The van der Waals surface area contributed by atoms with E-state index in [0.29, 0.717) is 10.8 Å². The van der Waals surface area contributed by atoms with E-state index in [1.165, 1.54) is 5.71 Å². The molecule has 0 aliphatic carbocycles. The molecule has 0 bridgehead atoms. The summed E-state index contributed by atoms with van der Waals surface area (Å²) in [5.74, 6) is 0.536. The van der Waals surface area contributed by atoms with Crippen molar-refractivity contribution in [3.63, 3.8) is 0 Å². The number of benzene rings is 2. The normalized spacial score (nSPS) is 19.1. The Bertz CT molecular complexity index is 1110. The summed E-state index contributed by atoms with van der Waals surface area (Å²) in [6.07, 6.45) is 5.06. The van der Waals surface area contributed by atoms with Crippen molar-refractivity contribution in [1.29, 1.82) is 0 Å². The molecule has 1 atom stereocenters. The van der Waals surface area contributed by atoms with Gasteiger partial charge in [-0.1, -0.05) is 48.5 Å². The van der Waals surface area contributed by atoms with Gasteiger partial charge in [0, 0.05) is 31.9 Å². The standard InChI is InChI=1S/C27H36N4O2S/c1-22-20-29(2)21-26(28-22)23-14-17-31(18-15-23)19-16-27(24-10-6-4-7-11-24)30(3)34(32,33)25-12-8-5-9-13-25/h4-13,20,23,27H,14-19,21H2,1-3H3. The molecule has 0 N–H and O–H groups in total. The van der Waals surface area contributed by atoms with Crippen LogP contribution in [-0.4, -0.2) is 68.5 Å². The summed E-state index contributed by atoms with van der Waals surface area (Å²) in [7, 11) is 0.232. The highest BCUT2D eigenvalue weighted by Gasteiger charge is 2.30. The highest BCUT2D eigenvalue weighted by molar-refractivity contribution is 7.89. The van der Waals surface area contributed by atoms with Crippen molar-refractivity contribution in [2.75, 3.05) is 40.3 Å². The van der Waals surface area contributed by atoms with Crippen molar-refractivity contribution < 1.29 is 8.42 Å². The number of nitrogens with zero attached hydrogens (tertiary/aromatic N) is 4. The molecular weight excluding hydrogens is 444 g/mol. The molecule has 34 heavy (non-hydrogen) atoms. The van der Waals surface area contributed by atoms with E-state index in [1.54, 1.807) is 35.6 Å². The lowest BCUT2D eigenvalue weighted by molar-refractivity contribution is 0.189. The van der Waals surface area contributed by atoms with Crippen LogP contribution >= 0.6 is 0 Å². The first-order chi connectivity index (χ1) is 16.3. The van der Waals surface area contributed by atoms with Crippen LogP contribution in [0, 0.1) is 5.92 Å². The smallest absolute Gasteiger partial charge is 0.243 e. The van der Waals surface area contributed by atoms with Gasteiger partial charge in [-0.05, 0) is 63.5 Å². The molecule has 0 spiro atoms. The summed E-state index contributed by atoms with van der Waals surface area (Å²) >= 11 is 0. The van der Waals surface area contributed by atoms with E-state index >= 15 is 0 Å². The number of rotatable bonds is 8. The second-order valence-electron chi connectivity index (χ2n) is 9.45. The van der Waals surface area contributed by atoms with Gasteiger partial charge in [-0.3, -0.25) is 4.99 Å². The molecule has 7 heteroatoms. The van der Waals surface area contributed by atoms with Crippen LogP contribution in [0.15, 0.2) is 82.4 Å². The monoisotopic (exact) mass is 480 g/mol. The first-order valence-electron chi connectivity index (χ1n) is 12.1. The van der Waals surface area contributed by atoms with Crippen LogP contribution in [0.1, 0.15) is 37.8 Å². The molecule has 0 saturated carbocycles. The second kappa shape index (κ2) is 10.8. The lowest BCUT2D eigenvalue weighted by atomic mass is 9.90. The van der Waals surface area contributed by atoms with Gasteiger partial charge in [-0.25, -0.2) is 8.42 Å². The molecule has 2 heterocycles. The van der Waals surface area contributed by atoms with E-state index in [1.807, 2.05) is 36.4 Å². The van der Waals surface area contributed by atoms with Crippen LogP contribution in [0.4, 0.5) is 0 Å². The molecule has 2 aliphatic heterocycles. The molecule has 0 radical (unpaired) electrons. The van der Waals surface area contributed by atoms with E-state index in [9.17, 15) is 8.42 Å². The molecule has 1 unspecified atom stereocenters. The lowest BCUT2D eigenvalue weighted by Crippen LogP contribution is -2.41. The predicted molar refractivity (Wildman–Crippen MR) is 138 cm³/mol. The third kappa shape index (κ3) is 5.77. The fourth-order valence-electron chi connectivity index (χ4n) is 5.09. The first kappa shape index (κ1) is 24.6. The van der Waals surface area contributed by atoms with Crippen LogP contribution in [0.25, 0.3) is 0 Å². The fourth-order valence-corrected chi connectivity index (χ4v) is 6.48. The maximum absolute atomic E-state index is 13.4. The molecule has 182 valence electrons. The average Bonchev–Trinajstić information content (AvgIpc) is 2.85. The lowest BCUT2D eigenvalue weighted by Gasteiger charge is -2.36. The number of hydrogen-bond donors (Lipinski definition) is 0. The molecule has 0 aromatic heterocycles. The summed E-state index contributed by atoms with van der Waals surface area (Å²) in [5, 5.41) is 0. The van der Waals surface area contributed by atoms with Crippen LogP contribution in [0.5, 0.6) is 0 Å². The Morgan fingerprint density at radius 2 is 1.65 bits per heavy atom. The van der Waals surface area contributed by atoms with Gasteiger partial charge in [0.15, 0.2) is 0 Å². The minimum atomic E-state index is -3.58. The fraction of sp³-hybridized carbons (Fsp3) is 0.444. The van der Waals surface area contributed by atoms with Gasteiger partial charge >= 0.3 is 0 Å². The highest BCUT2D eigenvalue weighted by Crippen LogP contribution is 2.30. The van der Waals surface area contributed by atoms with Crippen molar-refractivity contribution in [3.05, 3.63) is 78.1 Å². The van der Waals surface area contributed by atoms with Gasteiger partial charge in [-0.2, -0.15) is 4.31 Å². The summed E-state index contributed by atoms with van der Waals surface area (Å²) < 4.78 is 28.3. The van der Waals surface area contributed by atoms with Crippen LogP contribution in [0.3, 0.4) is 0 Å². The number of sulfonamides is 1. The maximum Gasteiger partial charge on any atom is 0.243 e. The van der Waals surface area contributed by atoms with Crippen molar-refractivity contribution in [2.24, 2.45) is 10.9 Å². The molecular formula is C27H36N4O2S. The number of piperidine rings is 1. The minimum absolute atomic E-state index is 0.215. The van der Waals surface area contributed by atoms with Gasteiger partial charge in [0.25, 0.3) is 0 Å². The number of aliphatic imine (C=N–C) groups is 1. The highest BCUT2D eigenvalue weighted by atomic mass is 32.2. The summed E-state index contributed by atoms with van der Waals surface area (Å²) in [4.78, 5) is 9.85. The van der Waals surface area contributed by atoms with Gasteiger partial charge < -0.3 is 9.80 Å². The quantitative estimate of drug-likeness (QED) is 0.562. The number of hydrogen-bond acceptors (Lipinski definition) is 5. The Morgan fingerprint density at radius 3 is 2.26 bits per heavy atom. The maximum atomic E-state index is 13.4. The minimum Gasteiger partial charge on any atom is -0.373 e. The molecule has 0 amide bonds. The molecule has 2 aliphatic rings.